The van der Waals surface area contributed by atoms with Crippen LogP contribution in [-0.4, -0.2) is 47.5 Å². The molecule has 3 heterocycles. The average Bonchev–Trinajstić information content (AvgIpc) is 3.25. The molecule has 1 amide bonds. The van der Waals surface area contributed by atoms with Gasteiger partial charge in [-0.1, -0.05) is 12.1 Å². The smallest absolute Gasteiger partial charge is 0.279 e. The number of hydrogen-bond acceptors (Lipinski definition) is 6. The summed E-state index contributed by atoms with van der Waals surface area (Å²) < 4.78 is 33.3. The quantitative estimate of drug-likeness (QED) is 0.357. The minimum atomic E-state index is -1.18. The summed E-state index contributed by atoms with van der Waals surface area (Å²) in [5.41, 5.74) is -0.650. The summed E-state index contributed by atoms with van der Waals surface area (Å²) in [6.07, 6.45) is 5.60. The van der Waals surface area contributed by atoms with Gasteiger partial charge in [-0.3, -0.25) is 19.3 Å². The van der Waals surface area contributed by atoms with Crippen molar-refractivity contribution in [3.63, 3.8) is 0 Å². The van der Waals surface area contributed by atoms with E-state index in [4.69, 9.17) is 0 Å². The van der Waals surface area contributed by atoms with Gasteiger partial charge in [0.25, 0.3) is 11.5 Å². The SMILES string of the molecule is Cn1cc2c(-c3cc(F)c(Cn4cc(C(=O)NCC(C)(C)O)c5nccnc5c4=O)c(F)c3)cccc2n1. The second-order valence-corrected chi connectivity index (χ2v) is 9.68. The summed E-state index contributed by atoms with van der Waals surface area (Å²) in [6, 6.07) is 7.74. The van der Waals surface area contributed by atoms with Crippen LogP contribution in [0.1, 0.15) is 29.8 Å². The molecule has 0 atom stereocenters. The second kappa shape index (κ2) is 9.42. The summed E-state index contributed by atoms with van der Waals surface area (Å²) in [6.45, 7) is 2.50. The van der Waals surface area contributed by atoms with Crippen molar-refractivity contribution in [2.24, 2.45) is 7.05 Å². The lowest BCUT2D eigenvalue weighted by Gasteiger charge is -2.18. The van der Waals surface area contributed by atoms with Crippen molar-refractivity contribution in [1.82, 2.24) is 29.6 Å². The normalized spacial score (nSPS) is 11.8. The molecule has 2 N–H and O–H groups in total. The molecule has 0 saturated heterocycles. The molecule has 0 aliphatic heterocycles. The van der Waals surface area contributed by atoms with Crippen molar-refractivity contribution in [3.8, 4) is 11.1 Å². The Kier molecular flexibility index (Phi) is 6.23. The fourth-order valence-electron chi connectivity index (χ4n) is 4.27. The Morgan fingerprint density at radius 2 is 1.76 bits per heavy atom. The van der Waals surface area contributed by atoms with E-state index in [2.05, 4.69) is 20.4 Å². The van der Waals surface area contributed by atoms with Crippen molar-refractivity contribution in [2.75, 3.05) is 6.54 Å². The maximum atomic E-state index is 15.3. The molecule has 0 aliphatic rings. The zero-order valence-corrected chi connectivity index (χ0v) is 20.9. The number of nitrogens with one attached hydrogen (secondary N) is 1. The average molecular weight is 519 g/mol. The maximum absolute atomic E-state index is 15.3. The number of hydrogen-bond donors (Lipinski definition) is 2. The fourth-order valence-corrected chi connectivity index (χ4v) is 4.27. The summed E-state index contributed by atoms with van der Waals surface area (Å²) in [7, 11) is 1.76. The van der Waals surface area contributed by atoms with Crippen LogP contribution in [0.15, 0.2) is 59.9 Å². The van der Waals surface area contributed by atoms with Gasteiger partial charge >= 0.3 is 0 Å². The highest BCUT2D eigenvalue weighted by Crippen LogP contribution is 2.30. The van der Waals surface area contributed by atoms with E-state index in [1.54, 1.807) is 30.1 Å². The third kappa shape index (κ3) is 4.75. The summed E-state index contributed by atoms with van der Waals surface area (Å²) >= 11 is 0. The molecule has 0 radical (unpaired) electrons. The Balaban J connectivity index is 1.56. The number of aliphatic hydroxyl groups is 1. The lowest BCUT2D eigenvalue weighted by atomic mass is 9.99. The van der Waals surface area contributed by atoms with E-state index in [-0.39, 0.29) is 28.7 Å². The number of carbonyl (C=O) groups excluding carboxylic acids is 1. The van der Waals surface area contributed by atoms with E-state index in [1.807, 2.05) is 6.07 Å². The monoisotopic (exact) mass is 518 g/mol. The number of pyridine rings is 1. The lowest BCUT2D eigenvalue weighted by molar-refractivity contribution is 0.0694. The second-order valence-electron chi connectivity index (χ2n) is 9.68. The van der Waals surface area contributed by atoms with Crippen molar-refractivity contribution in [1.29, 1.82) is 0 Å². The van der Waals surface area contributed by atoms with Crippen LogP contribution in [0.3, 0.4) is 0 Å². The zero-order chi connectivity index (χ0) is 27.2. The van der Waals surface area contributed by atoms with Crippen molar-refractivity contribution >= 4 is 27.8 Å². The predicted molar refractivity (Wildman–Crippen MR) is 138 cm³/mol. The van der Waals surface area contributed by atoms with E-state index in [0.717, 1.165) is 9.95 Å². The molecule has 9 nitrogen and oxygen atoms in total. The van der Waals surface area contributed by atoms with Crippen LogP contribution in [0.2, 0.25) is 0 Å². The molecule has 0 unspecified atom stereocenters. The van der Waals surface area contributed by atoms with E-state index in [1.165, 1.54) is 44.6 Å². The molecule has 0 bridgehead atoms. The highest BCUT2D eigenvalue weighted by atomic mass is 19.1. The van der Waals surface area contributed by atoms with Gasteiger partial charge in [-0.05, 0) is 43.2 Å². The molecule has 194 valence electrons. The van der Waals surface area contributed by atoms with Gasteiger partial charge in [-0.25, -0.2) is 13.8 Å². The Morgan fingerprint density at radius 3 is 2.45 bits per heavy atom. The summed E-state index contributed by atoms with van der Waals surface area (Å²) in [4.78, 5) is 34.2. The number of benzene rings is 2. The van der Waals surface area contributed by atoms with Gasteiger partial charge in [0.15, 0.2) is 5.52 Å². The van der Waals surface area contributed by atoms with Gasteiger partial charge in [0, 0.05) is 49.3 Å². The number of nitrogens with zero attached hydrogens (tertiary/aromatic N) is 5. The number of aryl methyl sites for hydroxylation is 1. The van der Waals surface area contributed by atoms with E-state index >= 15 is 8.78 Å². The Hall–Kier alpha value is -4.51. The highest BCUT2D eigenvalue weighted by molar-refractivity contribution is 6.04. The predicted octanol–water partition coefficient (Wildman–Crippen LogP) is 3.17. The number of halogens is 2. The first-order chi connectivity index (χ1) is 18.0. The molecular formula is C27H24F2N6O3. The van der Waals surface area contributed by atoms with Gasteiger partial charge in [0.1, 0.15) is 17.2 Å². The zero-order valence-electron chi connectivity index (χ0n) is 20.9. The van der Waals surface area contributed by atoms with Crippen molar-refractivity contribution in [2.45, 2.75) is 26.0 Å². The minimum absolute atomic E-state index is 0.0161. The summed E-state index contributed by atoms with van der Waals surface area (Å²) in [5, 5.41) is 17.6. The maximum Gasteiger partial charge on any atom is 0.279 e. The van der Waals surface area contributed by atoms with Crippen LogP contribution in [0, 0.1) is 11.6 Å². The summed E-state index contributed by atoms with van der Waals surface area (Å²) in [5.74, 6) is -2.31. The first kappa shape index (κ1) is 25.2. The molecule has 2 aromatic carbocycles. The van der Waals surface area contributed by atoms with Gasteiger partial charge < -0.3 is 15.0 Å². The number of fused-ring (bicyclic) bond motifs is 2. The molecule has 3 aromatic heterocycles. The van der Waals surface area contributed by atoms with Gasteiger partial charge in [-0.15, -0.1) is 0 Å². The molecule has 5 rings (SSSR count). The standard InChI is InChI=1S/C27H24F2N6O3/c1-27(2,38)14-32-25(36)19-13-35(26(37)24-23(19)30-7-8-31-24)12-18-20(28)9-15(10-21(18)29)16-5-4-6-22-17(16)11-34(3)33-22/h4-11,13,38H,12,14H2,1-3H3,(H,32,36). The van der Waals surface area contributed by atoms with Crippen LogP contribution in [-0.2, 0) is 13.6 Å². The molecule has 0 spiro atoms. The molecule has 11 heteroatoms. The Labute approximate surface area is 215 Å². The Bertz CT molecular complexity index is 1750. The van der Waals surface area contributed by atoms with E-state index in [9.17, 15) is 14.7 Å². The van der Waals surface area contributed by atoms with E-state index in [0.29, 0.717) is 16.6 Å². The molecular weight excluding hydrogens is 494 g/mol. The molecule has 0 saturated carbocycles. The fraction of sp³-hybridized carbons (Fsp3) is 0.222. The largest absolute Gasteiger partial charge is 0.389 e. The third-order valence-electron chi connectivity index (χ3n) is 6.07. The van der Waals surface area contributed by atoms with Gasteiger partial charge in [0.2, 0.25) is 0 Å². The van der Waals surface area contributed by atoms with Crippen molar-refractivity contribution in [3.05, 3.63) is 88.2 Å². The first-order valence-corrected chi connectivity index (χ1v) is 11.8. The Morgan fingerprint density at radius 1 is 1.08 bits per heavy atom. The highest BCUT2D eigenvalue weighted by Gasteiger charge is 2.22. The molecule has 38 heavy (non-hydrogen) atoms. The number of amides is 1. The van der Waals surface area contributed by atoms with Crippen LogP contribution in [0.25, 0.3) is 33.1 Å². The number of aromatic nitrogens is 5. The topological polar surface area (TPSA) is 115 Å². The van der Waals surface area contributed by atoms with Crippen molar-refractivity contribution < 1.29 is 18.7 Å². The van der Waals surface area contributed by atoms with Crippen LogP contribution < -0.4 is 10.9 Å². The lowest BCUT2D eigenvalue weighted by Crippen LogP contribution is -2.39. The van der Waals surface area contributed by atoms with Gasteiger partial charge in [-0.2, -0.15) is 5.10 Å². The van der Waals surface area contributed by atoms with Crippen LogP contribution >= 0.6 is 0 Å². The van der Waals surface area contributed by atoms with Crippen LogP contribution in [0.4, 0.5) is 8.78 Å². The molecule has 5 aromatic rings. The van der Waals surface area contributed by atoms with Crippen LogP contribution in [0.5, 0.6) is 0 Å². The van der Waals surface area contributed by atoms with Gasteiger partial charge in [0.05, 0.1) is 23.2 Å². The number of rotatable bonds is 6. The molecule has 0 aliphatic carbocycles. The van der Waals surface area contributed by atoms with E-state index < -0.39 is 35.2 Å². The minimum Gasteiger partial charge on any atom is -0.389 e. The third-order valence-corrected chi connectivity index (χ3v) is 6.07. The number of carbonyl (C=O) groups is 1. The molecule has 0 fully saturated rings. The first-order valence-electron chi connectivity index (χ1n) is 11.8.